The summed E-state index contributed by atoms with van der Waals surface area (Å²) in [6, 6.07) is 16.7. The van der Waals surface area contributed by atoms with E-state index in [1.54, 1.807) is 11.8 Å². The van der Waals surface area contributed by atoms with E-state index in [-0.39, 0.29) is 6.04 Å². The smallest absolute Gasteiger partial charge is 0.117 e. The number of rotatable bonds is 2. The van der Waals surface area contributed by atoms with Crippen molar-refractivity contribution in [3.8, 4) is 0 Å². The SMILES string of the molecule is c1ccc([C@@H]2CSC(c3ccccn3)=N2)cc1. The summed E-state index contributed by atoms with van der Waals surface area (Å²) in [7, 11) is 0. The molecule has 1 aliphatic rings. The Morgan fingerprint density at radius 1 is 1.00 bits per heavy atom. The van der Waals surface area contributed by atoms with E-state index in [0.29, 0.717) is 0 Å². The van der Waals surface area contributed by atoms with Crippen molar-refractivity contribution in [2.75, 3.05) is 5.75 Å². The molecule has 0 saturated heterocycles. The summed E-state index contributed by atoms with van der Waals surface area (Å²) in [5.74, 6) is 1.01. The van der Waals surface area contributed by atoms with Crippen LogP contribution >= 0.6 is 11.8 Å². The Morgan fingerprint density at radius 3 is 2.59 bits per heavy atom. The molecule has 0 radical (unpaired) electrons. The molecule has 0 bridgehead atoms. The van der Waals surface area contributed by atoms with Gasteiger partial charge < -0.3 is 0 Å². The van der Waals surface area contributed by atoms with E-state index in [1.807, 2.05) is 30.5 Å². The molecule has 0 amide bonds. The lowest BCUT2D eigenvalue weighted by Gasteiger charge is -2.04. The maximum absolute atomic E-state index is 4.75. The molecule has 0 saturated carbocycles. The van der Waals surface area contributed by atoms with Crippen LogP contribution in [0.25, 0.3) is 0 Å². The van der Waals surface area contributed by atoms with Crippen molar-refractivity contribution in [3.05, 3.63) is 66.0 Å². The average Bonchev–Trinajstić information content (AvgIpc) is 2.90. The largest absolute Gasteiger partial charge is 0.267 e. The first-order chi connectivity index (χ1) is 8.43. The van der Waals surface area contributed by atoms with E-state index in [2.05, 4.69) is 29.2 Å². The first-order valence-corrected chi connectivity index (χ1v) is 6.59. The summed E-state index contributed by atoms with van der Waals surface area (Å²) >= 11 is 1.79. The standard InChI is InChI=1S/C14H12N2S/c1-2-6-11(7-3-1)13-10-17-14(16-13)12-8-4-5-9-15-12/h1-9,13H,10H2/t13-/m0/s1. The van der Waals surface area contributed by atoms with Crippen LogP contribution in [0.2, 0.25) is 0 Å². The first kappa shape index (κ1) is 10.5. The van der Waals surface area contributed by atoms with Gasteiger partial charge in [0, 0.05) is 11.9 Å². The number of hydrogen-bond acceptors (Lipinski definition) is 3. The number of hydrogen-bond donors (Lipinski definition) is 0. The van der Waals surface area contributed by atoms with E-state index in [0.717, 1.165) is 16.5 Å². The van der Waals surface area contributed by atoms with Gasteiger partial charge in [0.05, 0.1) is 11.7 Å². The van der Waals surface area contributed by atoms with Crippen LogP contribution in [0.15, 0.2) is 59.7 Å². The fraction of sp³-hybridized carbons (Fsp3) is 0.143. The molecule has 1 aromatic carbocycles. The Kier molecular flexibility index (Phi) is 2.92. The van der Waals surface area contributed by atoms with Crippen molar-refractivity contribution in [1.29, 1.82) is 0 Å². The molecule has 3 rings (SSSR count). The molecule has 2 nitrogen and oxygen atoms in total. The predicted octanol–water partition coefficient (Wildman–Crippen LogP) is 3.32. The Morgan fingerprint density at radius 2 is 1.82 bits per heavy atom. The first-order valence-electron chi connectivity index (χ1n) is 5.60. The number of aliphatic imine (C=N–C) groups is 1. The molecule has 0 N–H and O–H groups in total. The second-order valence-electron chi connectivity index (χ2n) is 3.89. The molecule has 0 spiro atoms. The monoisotopic (exact) mass is 240 g/mol. The van der Waals surface area contributed by atoms with Gasteiger partial charge in [-0.1, -0.05) is 36.4 Å². The highest BCUT2D eigenvalue weighted by molar-refractivity contribution is 8.14. The van der Waals surface area contributed by atoms with Crippen molar-refractivity contribution >= 4 is 16.8 Å². The molecule has 3 heteroatoms. The summed E-state index contributed by atoms with van der Waals surface area (Å²) in [6.07, 6.45) is 1.81. The van der Waals surface area contributed by atoms with Gasteiger partial charge in [-0.05, 0) is 17.7 Å². The van der Waals surface area contributed by atoms with Crippen molar-refractivity contribution in [2.45, 2.75) is 6.04 Å². The van der Waals surface area contributed by atoms with E-state index in [1.165, 1.54) is 5.56 Å². The molecular formula is C14H12N2S. The van der Waals surface area contributed by atoms with Crippen LogP contribution < -0.4 is 0 Å². The molecule has 1 aromatic heterocycles. The lowest BCUT2D eigenvalue weighted by Crippen LogP contribution is -1.94. The predicted molar refractivity (Wildman–Crippen MR) is 72.4 cm³/mol. The van der Waals surface area contributed by atoms with Crippen LogP contribution in [0.5, 0.6) is 0 Å². The minimum absolute atomic E-state index is 0.276. The summed E-state index contributed by atoms with van der Waals surface area (Å²) in [5, 5.41) is 1.06. The molecule has 0 unspecified atom stereocenters. The van der Waals surface area contributed by atoms with Gasteiger partial charge in [-0.25, -0.2) is 0 Å². The van der Waals surface area contributed by atoms with Crippen LogP contribution in [-0.2, 0) is 0 Å². The number of benzene rings is 1. The molecule has 17 heavy (non-hydrogen) atoms. The molecule has 1 aliphatic heterocycles. The number of thioether (sulfide) groups is 1. The quantitative estimate of drug-likeness (QED) is 0.804. The summed E-state index contributed by atoms with van der Waals surface area (Å²) in [4.78, 5) is 9.08. The van der Waals surface area contributed by atoms with Gasteiger partial charge >= 0.3 is 0 Å². The van der Waals surface area contributed by atoms with Crippen LogP contribution in [0.4, 0.5) is 0 Å². The normalized spacial score (nSPS) is 19.1. The van der Waals surface area contributed by atoms with Crippen LogP contribution in [0.3, 0.4) is 0 Å². The summed E-state index contributed by atoms with van der Waals surface area (Å²) in [5.41, 5.74) is 2.27. The van der Waals surface area contributed by atoms with Gasteiger partial charge in [0.1, 0.15) is 5.04 Å². The highest BCUT2D eigenvalue weighted by atomic mass is 32.2. The zero-order chi connectivity index (χ0) is 11.5. The van der Waals surface area contributed by atoms with Gasteiger partial charge in [0.25, 0.3) is 0 Å². The third-order valence-electron chi connectivity index (χ3n) is 2.72. The van der Waals surface area contributed by atoms with Crippen molar-refractivity contribution in [3.63, 3.8) is 0 Å². The molecule has 84 valence electrons. The van der Waals surface area contributed by atoms with E-state index >= 15 is 0 Å². The Hall–Kier alpha value is -1.61. The van der Waals surface area contributed by atoms with Gasteiger partial charge in [0.2, 0.25) is 0 Å². The third kappa shape index (κ3) is 2.24. The zero-order valence-corrected chi connectivity index (χ0v) is 10.1. The highest BCUT2D eigenvalue weighted by Gasteiger charge is 2.21. The second kappa shape index (κ2) is 4.72. The molecular weight excluding hydrogens is 228 g/mol. The fourth-order valence-electron chi connectivity index (χ4n) is 1.85. The minimum Gasteiger partial charge on any atom is -0.267 e. The van der Waals surface area contributed by atoms with E-state index in [9.17, 15) is 0 Å². The summed E-state index contributed by atoms with van der Waals surface area (Å²) < 4.78 is 0. The van der Waals surface area contributed by atoms with Crippen LogP contribution in [0, 0.1) is 0 Å². The van der Waals surface area contributed by atoms with Crippen molar-refractivity contribution in [2.24, 2.45) is 4.99 Å². The number of aromatic nitrogens is 1. The summed E-state index contributed by atoms with van der Waals surface area (Å²) in [6.45, 7) is 0. The van der Waals surface area contributed by atoms with Gasteiger partial charge in [-0.15, -0.1) is 11.8 Å². The second-order valence-corrected chi connectivity index (χ2v) is 4.90. The lowest BCUT2D eigenvalue weighted by molar-refractivity contribution is 0.849. The minimum atomic E-state index is 0.276. The number of nitrogens with zero attached hydrogens (tertiary/aromatic N) is 2. The molecule has 0 fully saturated rings. The Balaban J connectivity index is 1.87. The highest BCUT2D eigenvalue weighted by Crippen LogP contribution is 2.32. The van der Waals surface area contributed by atoms with E-state index in [4.69, 9.17) is 4.99 Å². The molecule has 2 aromatic rings. The van der Waals surface area contributed by atoms with Crippen LogP contribution in [-0.4, -0.2) is 15.8 Å². The molecule has 2 heterocycles. The van der Waals surface area contributed by atoms with Gasteiger partial charge in [-0.2, -0.15) is 0 Å². The maximum Gasteiger partial charge on any atom is 0.117 e. The molecule has 1 atom stereocenters. The number of pyridine rings is 1. The van der Waals surface area contributed by atoms with Gasteiger partial charge in [-0.3, -0.25) is 9.98 Å². The lowest BCUT2D eigenvalue weighted by atomic mass is 10.1. The van der Waals surface area contributed by atoms with Crippen LogP contribution in [0.1, 0.15) is 17.3 Å². The fourth-order valence-corrected chi connectivity index (χ4v) is 2.90. The van der Waals surface area contributed by atoms with Crippen molar-refractivity contribution < 1.29 is 0 Å². The topological polar surface area (TPSA) is 25.2 Å². The average molecular weight is 240 g/mol. The van der Waals surface area contributed by atoms with Crippen molar-refractivity contribution in [1.82, 2.24) is 4.98 Å². The van der Waals surface area contributed by atoms with E-state index < -0.39 is 0 Å². The third-order valence-corrected chi connectivity index (χ3v) is 3.79. The zero-order valence-electron chi connectivity index (χ0n) is 9.28. The maximum atomic E-state index is 4.75. The Labute approximate surface area is 105 Å². The van der Waals surface area contributed by atoms with Gasteiger partial charge in [0.15, 0.2) is 0 Å². The Bertz CT molecular complexity index is 522. The molecule has 0 aliphatic carbocycles.